The van der Waals surface area contributed by atoms with Gasteiger partial charge in [0.25, 0.3) is 0 Å². The first-order valence-corrected chi connectivity index (χ1v) is 6.34. The summed E-state index contributed by atoms with van der Waals surface area (Å²) in [4.78, 5) is 10.8. The second kappa shape index (κ2) is 4.84. The lowest BCUT2D eigenvalue weighted by Gasteiger charge is -2.43. The summed E-state index contributed by atoms with van der Waals surface area (Å²) in [6, 6.07) is 5.47. The average Bonchev–Trinajstić information content (AvgIpc) is 2.19. The molecule has 0 amide bonds. The van der Waals surface area contributed by atoms with E-state index in [0.29, 0.717) is 18.1 Å². The van der Waals surface area contributed by atoms with Crippen molar-refractivity contribution in [3.05, 3.63) is 27.7 Å². The second-order valence-electron chi connectivity index (χ2n) is 4.21. The van der Waals surface area contributed by atoms with Crippen LogP contribution in [0, 0.1) is 0 Å². The number of hydrogen-bond donors (Lipinski definition) is 3. The molecule has 1 heterocycles. The monoisotopic (exact) mass is 318 g/mol. The van der Waals surface area contributed by atoms with E-state index in [1.807, 2.05) is 12.1 Å². The normalized spacial score (nSPS) is 17.3. The van der Waals surface area contributed by atoms with Gasteiger partial charge in [-0.25, -0.2) is 0 Å². The molecule has 4 nitrogen and oxygen atoms in total. The van der Waals surface area contributed by atoms with Gasteiger partial charge in [0.2, 0.25) is 0 Å². The largest absolute Gasteiger partial charge is 0.481 e. The molecule has 6 heteroatoms. The zero-order chi connectivity index (χ0) is 12.5. The van der Waals surface area contributed by atoms with E-state index in [9.17, 15) is 4.79 Å². The third kappa shape index (κ3) is 2.91. The van der Waals surface area contributed by atoms with Gasteiger partial charge in [-0.05, 0) is 34.1 Å². The van der Waals surface area contributed by atoms with E-state index in [2.05, 4.69) is 26.6 Å². The molecular formula is C11H12BrClN2O2. The van der Waals surface area contributed by atoms with Gasteiger partial charge < -0.3 is 15.7 Å². The van der Waals surface area contributed by atoms with E-state index in [1.165, 1.54) is 0 Å². The van der Waals surface area contributed by atoms with Gasteiger partial charge in [0, 0.05) is 23.2 Å². The van der Waals surface area contributed by atoms with Gasteiger partial charge in [-0.1, -0.05) is 11.6 Å². The fraction of sp³-hybridized carbons (Fsp3) is 0.364. The Bertz CT molecular complexity index is 449. The van der Waals surface area contributed by atoms with Crippen LogP contribution in [0.5, 0.6) is 0 Å². The number of carboxylic acids is 1. The van der Waals surface area contributed by atoms with Crippen LogP contribution in [0.15, 0.2) is 22.7 Å². The van der Waals surface area contributed by atoms with E-state index in [1.54, 1.807) is 6.07 Å². The Morgan fingerprint density at radius 1 is 1.59 bits per heavy atom. The quantitative estimate of drug-likeness (QED) is 0.797. The van der Waals surface area contributed by atoms with Gasteiger partial charge >= 0.3 is 5.97 Å². The van der Waals surface area contributed by atoms with Crippen LogP contribution in [-0.2, 0) is 4.79 Å². The molecular weight excluding hydrogens is 307 g/mol. The molecule has 0 bridgehead atoms. The van der Waals surface area contributed by atoms with Crippen LogP contribution >= 0.6 is 27.5 Å². The van der Waals surface area contributed by atoms with Crippen LogP contribution in [0.2, 0.25) is 5.02 Å². The minimum atomic E-state index is -0.799. The predicted molar refractivity (Wildman–Crippen MR) is 70.6 cm³/mol. The van der Waals surface area contributed by atoms with Crippen molar-refractivity contribution in [1.29, 1.82) is 0 Å². The lowest BCUT2D eigenvalue weighted by atomic mass is 9.88. The second-order valence-corrected chi connectivity index (χ2v) is 5.47. The molecule has 3 N–H and O–H groups in total. The maximum absolute atomic E-state index is 10.8. The van der Waals surface area contributed by atoms with Crippen LogP contribution in [0.1, 0.15) is 6.42 Å². The molecule has 0 aliphatic carbocycles. The summed E-state index contributed by atoms with van der Waals surface area (Å²) in [5.41, 5.74) is 0.475. The summed E-state index contributed by atoms with van der Waals surface area (Å²) >= 11 is 9.24. The Labute approximate surface area is 112 Å². The van der Waals surface area contributed by atoms with Crippen molar-refractivity contribution in [1.82, 2.24) is 5.32 Å². The first-order chi connectivity index (χ1) is 8.01. The topological polar surface area (TPSA) is 61.4 Å². The first-order valence-electron chi connectivity index (χ1n) is 5.17. The van der Waals surface area contributed by atoms with E-state index >= 15 is 0 Å². The zero-order valence-corrected chi connectivity index (χ0v) is 11.3. The molecule has 1 aromatic rings. The third-order valence-corrected chi connectivity index (χ3v) is 3.96. The summed E-state index contributed by atoms with van der Waals surface area (Å²) in [6.07, 6.45) is 0.0975. The van der Waals surface area contributed by atoms with Crippen LogP contribution in [-0.4, -0.2) is 29.7 Å². The molecule has 1 fully saturated rings. The summed E-state index contributed by atoms with van der Waals surface area (Å²) in [7, 11) is 0. The molecule has 1 aromatic carbocycles. The Hall–Kier alpha value is -0.780. The number of rotatable bonds is 4. The van der Waals surface area contributed by atoms with Crippen LogP contribution < -0.4 is 10.6 Å². The summed E-state index contributed by atoms with van der Waals surface area (Å²) < 4.78 is 0.793. The van der Waals surface area contributed by atoms with Crippen LogP contribution in [0.3, 0.4) is 0 Å². The van der Waals surface area contributed by atoms with Crippen molar-refractivity contribution >= 4 is 39.2 Å². The predicted octanol–water partition coefficient (Wildman–Crippen LogP) is 2.33. The highest BCUT2D eigenvalue weighted by Crippen LogP contribution is 2.29. The van der Waals surface area contributed by atoms with E-state index in [-0.39, 0.29) is 12.0 Å². The highest BCUT2D eigenvalue weighted by atomic mass is 79.9. The van der Waals surface area contributed by atoms with E-state index in [0.717, 1.165) is 10.2 Å². The Kier molecular flexibility index (Phi) is 3.61. The number of nitrogens with one attached hydrogen (secondary N) is 2. The van der Waals surface area contributed by atoms with Gasteiger partial charge in [0.05, 0.1) is 17.0 Å². The zero-order valence-electron chi connectivity index (χ0n) is 8.96. The Morgan fingerprint density at radius 2 is 2.29 bits per heavy atom. The summed E-state index contributed by atoms with van der Waals surface area (Å²) in [5, 5.41) is 15.9. The minimum absolute atomic E-state index is 0.0975. The Morgan fingerprint density at radius 3 is 2.76 bits per heavy atom. The number of carbonyl (C=O) groups is 1. The number of halogens is 2. The molecule has 1 aliphatic rings. The Balaban J connectivity index is 2.13. The number of anilines is 1. The molecule has 0 spiro atoms. The molecule has 0 atom stereocenters. The van der Waals surface area contributed by atoms with Gasteiger partial charge in [-0.15, -0.1) is 0 Å². The van der Waals surface area contributed by atoms with Crippen molar-refractivity contribution in [2.75, 3.05) is 18.4 Å². The summed E-state index contributed by atoms with van der Waals surface area (Å²) in [5.74, 6) is -0.799. The molecule has 1 aliphatic heterocycles. The molecule has 0 radical (unpaired) electrons. The van der Waals surface area contributed by atoms with Crippen molar-refractivity contribution < 1.29 is 9.90 Å². The highest BCUT2D eigenvalue weighted by Gasteiger charge is 2.38. The number of hydrogen-bond acceptors (Lipinski definition) is 3. The van der Waals surface area contributed by atoms with Gasteiger partial charge in [0.15, 0.2) is 0 Å². The SMILES string of the molecule is O=C(O)CC1(Nc2ccc(Cl)c(Br)c2)CNC1. The highest BCUT2D eigenvalue weighted by molar-refractivity contribution is 9.10. The fourth-order valence-corrected chi connectivity index (χ4v) is 2.35. The van der Waals surface area contributed by atoms with Gasteiger partial charge in [0.1, 0.15) is 0 Å². The van der Waals surface area contributed by atoms with E-state index < -0.39 is 5.97 Å². The number of benzene rings is 1. The fourth-order valence-electron chi connectivity index (χ4n) is 1.85. The van der Waals surface area contributed by atoms with Gasteiger partial charge in [-0.3, -0.25) is 4.79 Å². The minimum Gasteiger partial charge on any atom is -0.481 e. The van der Waals surface area contributed by atoms with Crippen LogP contribution in [0.25, 0.3) is 0 Å². The standard InChI is InChI=1S/C11H12BrClN2O2/c12-8-3-7(1-2-9(8)13)15-11(4-10(16)17)5-14-6-11/h1-3,14-15H,4-6H2,(H,16,17). The summed E-state index contributed by atoms with van der Waals surface area (Å²) in [6.45, 7) is 1.30. The molecule has 0 aromatic heterocycles. The molecule has 0 unspecified atom stereocenters. The lowest BCUT2D eigenvalue weighted by molar-refractivity contribution is -0.138. The molecule has 2 rings (SSSR count). The molecule has 0 saturated carbocycles. The molecule has 92 valence electrons. The van der Waals surface area contributed by atoms with Crippen molar-refractivity contribution in [2.45, 2.75) is 12.0 Å². The molecule has 1 saturated heterocycles. The number of aliphatic carboxylic acids is 1. The lowest BCUT2D eigenvalue weighted by Crippen LogP contribution is -2.65. The third-order valence-electron chi connectivity index (χ3n) is 2.75. The van der Waals surface area contributed by atoms with Gasteiger partial charge in [-0.2, -0.15) is 0 Å². The maximum Gasteiger partial charge on any atom is 0.305 e. The smallest absolute Gasteiger partial charge is 0.305 e. The van der Waals surface area contributed by atoms with Crippen LogP contribution in [0.4, 0.5) is 5.69 Å². The maximum atomic E-state index is 10.8. The first kappa shape index (κ1) is 12.7. The average molecular weight is 320 g/mol. The molecule has 17 heavy (non-hydrogen) atoms. The van der Waals surface area contributed by atoms with Crippen molar-refractivity contribution in [2.24, 2.45) is 0 Å². The number of carboxylic acid groups (broad SMARTS) is 1. The van der Waals surface area contributed by atoms with Crippen molar-refractivity contribution in [3.63, 3.8) is 0 Å². The van der Waals surface area contributed by atoms with E-state index in [4.69, 9.17) is 16.7 Å². The van der Waals surface area contributed by atoms with Crippen molar-refractivity contribution in [3.8, 4) is 0 Å².